The fourth-order valence-electron chi connectivity index (χ4n) is 2.64. The molecule has 1 aromatic rings. The van der Waals surface area contributed by atoms with Gasteiger partial charge in [-0.05, 0) is 37.1 Å². The van der Waals surface area contributed by atoms with E-state index in [1.807, 2.05) is 0 Å². The first-order chi connectivity index (χ1) is 9.77. The van der Waals surface area contributed by atoms with E-state index >= 15 is 0 Å². The first-order valence-corrected chi connectivity index (χ1v) is 6.69. The molecule has 1 aromatic carbocycles. The summed E-state index contributed by atoms with van der Waals surface area (Å²) >= 11 is 0. The summed E-state index contributed by atoms with van der Waals surface area (Å²) in [7, 11) is 0. The van der Waals surface area contributed by atoms with Crippen molar-refractivity contribution in [3.8, 4) is 0 Å². The van der Waals surface area contributed by atoms with Gasteiger partial charge < -0.3 is 5.73 Å². The standard InChI is InChI=1S/C14H17F4N3/c15-11-4-3-9(12(6-11)13(19)20)7-21-5-1-2-10(8-21)14(16,17)18/h3-4,6,10H,1-2,5,7-8H2,(H3,19,20). The molecular formula is C14H17F4N3. The van der Waals surface area contributed by atoms with Crippen molar-refractivity contribution in [1.29, 1.82) is 5.41 Å². The Labute approximate surface area is 120 Å². The highest BCUT2D eigenvalue weighted by molar-refractivity contribution is 5.96. The SMILES string of the molecule is N=C(N)c1cc(F)ccc1CN1CCCC(C(F)(F)F)C1. The Morgan fingerprint density at radius 2 is 2.10 bits per heavy atom. The smallest absolute Gasteiger partial charge is 0.384 e. The van der Waals surface area contributed by atoms with Crippen molar-refractivity contribution in [2.45, 2.75) is 25.6 Å². The van der Waals surface area contributed by atoms with Crippen molar-refractivity contribution in [3.05, 3.63) is 35.1 Å². The normalized spacial score (nSPS) is 20.5. The predicted octanol–water partition coefficient (Wildman–Crippen LogP) is 2.88. The van der Waals surface area contributed by atoms with Crippen LogP contribution in [0.4, 0.5) is 17.6 Å². The molecule has 1 atom stereocenters. The molecule has 21 heavy (non-hydrogen) atoms. The van der Waals surface area contributed by atoms with E-state index in [1.54, 1.807) is 4.90 Å². The van der Waals surface area contributed by atoms with Gasteiger partial charge in [-0.25, -0.2) is 4.39 Å². The third-order valence-corrected chi connectivity index (χ3v) is 3.72. The number of benzene rings is 1. The van der Waals surface area contributed by atoms with E-state index < -0.39 is 17.9 Å². The Morgan fingerprint density at radius 3 is 2.71 bits per heavy atom. The van der Waals surface area contributed by atoms with E-state index in [1.165, 1.54) is 12.1 Å². The number of hydrogen-bond donors (Lipinski definition) is 2. The van der Waals surface area contributed by atoms with E-state index in [2.05, 4.69) is 0 Å². The van der Waals surface area contributed by atoms with Crippen molar-refractivity contribution >= 4 is 5.84 Å². The molecular weight excluding hydrogens is 286 g/mol. The molecule has 2 rings (SSSR count). The van der Waals surface area contributed by atoms with E-state index in [0.29, 0.717) is 18.5 Å². The van der Waals surface area contributed by atoms with Gasteiger partial charge in [0.1, 0.15) is 11.7 Å². The molecule has 3 N–H and O–H groups in total. The number of nitrogens with one attached hydrogen (secondary N) is 1. The first kappa shape index (κ1) is 15.8. The molecule has 0 amide bonds. The fraction of sp³-hybridized carbons (Fsp3) is 0.500. The van der Waals surface area contributed by atoms with Gasteiger partial charge in [-0.1, -0.05) is 6.07 Å². The highest BCUT2D eigenvalue weighted by Gasteiger charge is 2.41. The molecule has 0 aliphatic carbocycles. The lowest BCUT2D eigenvalue weighted by atomic mass is 9.96. The third kappa shape index (κ3) is 3.93. The van der Waals surface area contributed by atoms with Crippen LogP contribution in [0.25, 0.3) is 0 Å². The summed E-state index contributed by atoms with van der Waals surface area (Å²) in [5.41, 5.74) is 6.22. The second-order valence-electron chi connectivity index (χ2n) is 5.33. The van der Waals surface area contributed by atoms with Crippen molar-refractivity contribution in [2.24, 2.45) is 11.7 Å². The van der Waals surface area contributed by atoms with Gasteiger partial charge in [0.05, 0.1) is 5.92 Å². The van der Waals surface area contributed by atoms with Gasteiger partial charge in [-0.2, -0.15) is 13.2 Å². The van der Waals surface area contributed by atoms with Gasteiger partial charge in [0.15, 0.2) is 0 Å². The Kier molecular flexibility index (Phi) is 4.51. The lowest BCUT2D eigenvalue weighted by Crippen LogP contribution is -2.41. The first-order valence-electron chi connectivity index (χ1n) is 6.69. The number of halogens is 4. The van der Waals surface area contributed by atoms with E-state index in [4.69, 9.17) is 11.1 Å². The number of amidine groups is 1. The Morgan fingerprint density at radius 1 is 1.38 bits per heavy atom. The maximum absolute atomic E-state index is 13.2. The van der Waals surface area contributed by atoms with E-state index in [-0.39, 0.29) is 30.9 Å². The number of nitrogen functional groups attached to an aromatic ring is 1. The Hall–Kier alpha value is -1.63. The van der Waals surface area contributed by atoms with Crippen molar-refractivity contribution in [3.63, 3.8) is 0 Å². The predicted molar refractivity (Wildman–Crippen MR) is 71.5 cm³/mol. The minimum Gasteiger partial charge on any atom is -0.384 e. The highest BCUT2D eigenvalue weighted by atomic mass is 19.4. The number of alkyl halides is 3. The van der Waals surface area contributed by atoms with Gasteiger partial charge in [0.2, 0.25) is 0 Å². The Balaban J connectivity index is 2.13. The van der Waals surface area contributed by atoms with Crippen LogP contribution in [0.15, 0.2) is 18.2 Å². The van der Waals surface area contributed by atoms with Crippen LogP contribution in [-0.4, -0.2) is 30.0 Å². The zero-order chi connectivity index (χ0) is 15.6. The summed E-state index contributed by atoms with van der Waals surface area (Å²) < 4.78 is 51.5. The van der Waals surface area contributed by atoms with Crippen LogP contribution in [-0.2, 0) is 6.54 Å². The molecule has 1 heterocycles. The molecule has 7 heteroatoms. The molecule has 1 aliphatic heterocycles. The van der Waals surface area contributed by atoms with E-state index in [0.717, 1.165) is 6.07 Å². The van der Waals surface area contributed by atoms with Crippen LogP contribution in [0.3, 0.4) is 0 Å². The van der Waals surface area contributed by atoms with Crippen LogP contribution in [0, 0.1) is 17.1 Å². The molecule has 116 valence electrons. The van der Waals surface area contributed by atoms with Crippen molar-refractivity contribution in [2.75, 3.05) is 13.1 Å². The monoisotopic (exact) mass is 303 g/mol. The molecule has 3 nitrogen and oxygen atoms in total. The number of hydrogen-bond acceptors (Lipinski definition) is 2. The second kappa shape index (κ2) is 6.01. The lowest BCUT2D eigenvalue weighted by molar-refractivity contribution is -0.187. The molecule has 1 aliphatic rings. The summed E-state index contributed by atoms with van der Waals surface area (Å²) in [6.45, 7) is 0.724. The largest absolute Gasteiger partial charge is 0.393 e. The Bertz CT molecular complexity index is 527. The summed E-state index contributed by atoms with van der Waals surface area (Å²) in [6, 6.07) is 3.85. The third-order valence-electron chi connectivity index (χ3n) is 3.72. The summed E-state index contributed by atoms with van der Waals surface area (Å²) in [5, 5.41) is 7.44. The highest BCUT2D eigenvalue weighted by Crippen LogP contribution is 2.33. The number of likely N-dealkylation sites (tertiary alicyclic amines) is 1. The van der Waals surface area contributed by atoms with Crippen LogP contribution >= 0.6 is 0 Å². The molecule has 1 unspecified atom stereocenters. The maximum Gasteiger partial charge on any atom is 0.393 e. The fourth-order valence-corrected chi connectivity index (χ4v) is 2.64. The quantitative estimate of drug-likeness (QED) is 0.512. The minimum atomic E-state index is -4.19. The number of rotatable bonds is 3. The van der Waals surface area contributed by atoms with Gasteiger partial charge in [0, 0.05) is 18.7 Å². The zero-order valence-electron chi connectivity index (χ0n) is 11.4. The zero-order valence-corrected chi connectivity index (χ0v) is 11.4. The van der Waals surface area contributed by atoms with Crippen molar-refractivity contribution in [1.82, 2.24) is 4.90 Å². The minimum absolute atomic E-state index is 0.0712. The van der Waals surface area contributed by atoms with Crippen molar-refractivity contribution < 1.29 is 17.6 Å². The lowest BCUT2D eigenvalue weighted by Gasteiger charge is -2.34. The molecule has 0 aromatic heterocycles. The summed E-state index contributed by atoms with van der Waals surface area (Å²) in [5.74, 6) is -2.13. The molecule has 0 radical (unpaired) electrons. The number of piperidine rings is 1. The number of nitrogens with zero attached hydrogens (tertiary/aromatic N) is 1. The number of nitrogens with two attached hydrogens (primary N) is 1. The van der Waals surface area contributed by atoms with Gasteiger partial charge in [-0.3, -0.25) is 10.3 Å². The van der Waals surface area contributed by atoms with Gasteiger partial charge >= 0.3 is 6.18 Å². The van der Waals surface area contributed by atoms with Gasteiger partial charge in [-0.15, -0.1) is 0 Å². The average Bonchev–Trinajstić information content (AvgIpc) is 2.40. The molecule has 0 saturated carbocycles. The maximum atomic E-state index is 13.2. The van der Waals surface area contributed by atoms with Crippen LogP contribution in [0.2, 0.25) is 0 Å². The molecule has 0 spiro atoms. The molecule has 1 saturated heterocycles. The van der Waals surface area contributed by atoms with Gasteiger partial charge in [0.25, 0.3) is 0 Å². The molecule has 0 bridgehead atoms. The second-order valence-corrected chi connectivity index (χ2v) is 5.33. The summed E-state index contributed by atoms with van der Waals surface area (Å²) in [4.78, 5) is 1.68. The summed E-state index contributed by atoms with van der Waals surface area (Å²) in [6.07, 6.45) is -3.57. The van der Waals surface area contributed by atoms with Crippen LogP contribution < -0.4 is 5.73 Å². The topological polar surface area (TPSA) is 53.1 Å². The average molecular weight is 303 g/mol. The van der Waals surface area contributed by atoms with E-state index in [9.17, 15) is 17.6 Å². The molecule has 1 fully saturated rings. The van der Waals surface area contributed by atoms with Crippen LogP contribution in [0.1, 0.15) is 24.0 Å². The van der Waals surface area contributed by atoms with Crippen LogP contribution in [0.5, 0.6) is 0 Å².